The van der Waals surface area contributed by atoms with Crippen molar-refractivity contribution in [3.63, 3.8) is 0 Å². The second-order valence-corrected chi connectivity index (χ2v) is 11.5. The van der Waals surface area contributed by atoms with E-state index >= 15 is 0 Å². The molecule has 0 aromatic heterocycles. The summed E-state index contributed by atoms with van der Waals surface area (Å²) < 4.78 is 41.0. The lowest BCUT2D eigenvalue weighted by atomic mass is 9.75. The number of hydrogen-bond acceptors (Lipinski definition) is 3. The van der Waals surface area contributed by atoms with Crippen LogP contribution in [0.3, 0.4) is 0 Å². The lowest BCUT2D eigenvalue weighted by Crippen LogP contribution is -2.48. The Morgan fingerprint density at radius 2 is 1.21 bits per heavy atom. The predicted molar refractivity (Wildman–Crippen MR) is 168 cm³/mol. The summed E-state index contributed by atoms with van der Waals surface area (Å²) in [6.07, 6.45) is -0.747. The number of aryl methyl sites for hydroxylation is 2. The molecule has 0 heterocycles. The van der Waals surface area contributed by atoms with Gasteiger partial charge in [0.2, 0.25) is 0 Å². The average molecular weight is 587 g/mol. The first-order valence-electron chi connectivity index (χ1n) is 15.0. The molecule has 0 radical (unpaired) electrons. The van der Waals surface area contributed by atoms with Crippen LogP contribution in [0, 0.1) is 0 Å². The van der Waals surface area contributed by atoms with Crippen LogP contribution in [0.2, 0.25) is 0 Å². The van der Waals surface area contributed by atoms with Gasteiger partial charge in [0.1, 0.15) is 0 Å². The van der Waals surface area contributed by atoms with Crippen LogP contribution in [0.25, 0.3) is 0 Å². The summed E-state index contributed by atoms with van der Waals surface area (Å²) in [5.74, 6) is -0.0355. The van der Waals surface area contributed by atoms with Gasteiger partial charge in [0.25, 0.3) is 0 Å². The Balaban J connectivity index is 1.66. The Kier molecular flexibility index (Phi) is 11.3. The number of alkyl halides is 3. The van der Waals surface area contributed by atoms with Gasteiger partial charge in [-0.05, 0) is 68.0 Å². The van der Waals surface area contributed by atoms with Crippen LogP contribution in [0.15, 0.2) is 115 Å². The first kappa shape index (κ1) is 32.2. The smallest absolute Gasteiger partial charge is 0.330 e. The molecule has 3 nitrogen and oxygen atoms in total. The summed E-state index contributed by atoms with van der Waals surface area (Å²) in [5, 5.41) is 0. The molecule has 6 heteroatoms. The molecular weight excluding hydrogens is 545 g/mol. The molecular formula is C37H41F3N2O. The zero-order chi connectivity index (χ0) is 30.7. The van der Waals surface area contributed by atoms with Crippen LogP contribution >= 0.6 is 0 Å². The quantitative estimate of drug-likeness (QED) is 0.143. The van der Waals surface area contributed by atoms with Crippen molar-refractivity contribution in [2.24, 2.45) is 5.73 Å². The highest BCUT2D eigenvalue weighted by Crippen LogP contribution is 2.36. The summed E-state index contributed by atoms with van der Waals surface area (Å²) in [6, 6.07) is 34.5. The van der Waals surface area contributed by atoms with E-state index < -0.39 is 23.2 Å². The van der Waals surface area contributed by atoms with E-state index in [4.69, 9.17) is 5.73 Å². The number of halogens is 3. The van der Waals surface area contributed by atoms with E-state index in [-0.39, 0.29) is 12.3 Å². The van der Waals surface area contributed by atoms with E-state index in [1.807, 2.05) is 73.7 Å². The van der Waals surface area contributed by atoms with Gasteiger partial charge in [-0.15, -0.1) is 0 Å². The summed E-state index contributed by atoms with van der Waals surface area (Å²) >= 11 is 0. The third-order valence-electron chi connectivity index (χ3n) is 8.29. The SMILES string of the molecule is CC(CN)(CC(C(=O)c1ccccc1)N(CCCc1ccccc1)CCCc1ccccc1)c1cccc(C(F)(F)F)c1. The number of nitrogens with zero attached hydrogens (tertiary/aromatic N) is 1. The van der Waals surface area contributed by atoms with E-state index in [1.165, 1.54) is 23.3 Å². The highest BCUT2D eigenvalue weighted by atomic mass is 19.4. The van der Waals surface area contributed by atoms with E-state index in [9.17, 15) is 18.0 Å². The summed E-state index contributed by atoms with van der Waals surface area (Å²) in [7, 11) is 0. The number of hydrogen-bond donors (Lipinski definition) is 1. The number of carbonyl (C=O) groups excluding carboxylic acids is 1. The van der Waals surface area contributed by atoms with Crippen molar-refractivity contribution in [1.29, 1.82) is 0 Å². The fraction of sp³-hybridized carbons (Fsp3) is 0.324. The fourth-order valence-electron chi connectivity index (χ4n) is 5.68. The number of nitrogens with two attached hydrogens (primary N) is 1. The molecule has 2 N–H and O–H groups in total. The van der Waals surface area contributed by atoms with Gasteiger partial charge in [-0.2, -0.15) is 13.2 Å². The van der Waals surface area contributed by atoms with Crippen LogP contribution in [0.4, 0.5) is 13.2 Å². The summed E-state index contributed by atoms with van der Waals surface area (Å²) in [6.45, 7) is 3.33. The number of rotatable bonds is 15. The van der Waals surface area contributed by atoms with Crippen LogP contribution in [0.1, 0.15) is 58.8 Å². The average Bonchev–Trinajstić information content (AvgIpc) is 3.03. The monoisotopic (exact) mass is 586 g/mol. The highest BCUT2D eigenvalue weighted by molar-refractivity contribution is 6.00. The van der Waals surface area contributed by atoms with Crippen molar-refractivity contribution in [3.8, 4) is 0 Å². The van der Waals surface area contributed by atoms with Crippen molar-refractivity contribution in [2.75, 3.05) is 19.6 Å². The molecule has 0 aliphatic rings. The second kappa shape index (κ2) is 15.1. The Hall–Kier alpha value is -3.74. The molecule has 2 atom stereocenters. The number of benzene rings is 4. The van der Waals surface area contributed by atoms with E-state index in [2.05, 4.69) is 29.2 Å². The Labute approximate surface area is 253 Å². The van der Waals surface area contributed by atoms with Gasteiger partial charge >= 0.3 is 6.18 Å². The highest BCUT2D eigenvalue weighted by Gasteiger charge is 2.38. The molecule has 0 saturated heterocycles. The minimum Gasteiger partial charge on any atom is -0.330 e. The van der Waals surface area contributed by atoms with Crippen molar-refractivity contribution < 1.29 is 18.0 Å². The Morgan fingerprint density at radius 3 is 1.70 bits per heavy atom. The zero-order valence-electron chi connectivity index (χ0n) is 24.8. The molecule has 0 aliphatic carbocycles. The molecule has 4 aromatic rings. The van der Waals surface area contributed by atoms with Gasteiger partial charge in [0.15, 0.2) is 5.78 Å². The van der Waals surface area contributed by atoms with Crippen molar-refractivity contribution in [2.45, 2.75) is 56.7 Å². The normalized spacial score (nSPS) is 13.9. The fourth-order valence-corrected chi connectivity index (χ4v) is 5.68. The van der Waals surface area contributed by atoms with Gasteiger partial charge < -0.3 is 5.73 Å². The second-order valence-electron chi connectivity index (χ2n) is 11.5. The Bertz CT molecular complexity index is 1360. The van der Waals surface area contributed by atoms with Crippen molar-refractivity contribution in [3.05, 3.63) is 143 Å². The molecule has 0 spiro atoms. The van der Waals surface area contributed by atoms with Gasteiger partial charge in [0.05, 0.1) is 11.6 Å². The first-order chi connectivity index (χ1) is 20.7. The lowest BCUT2D eigenvalue weighted by Gasteiger charge is -2.38. The molecule has 43 heavy (non-hydrogen) atoms. The van der Waals surface area contributed by atoms with Gasteiger partial charge in [-0.25, -0.2) is 0 Å². The third-order valence-corrected chi connectivity index (χ3v) is 8.29. The van der Waals surface area contributed by atoms with Crippen LogP contribution in [0.5, 0.6) is 0 Å². The first-order valence-corrected chi connectivity index (χ1v) is 15.0. The molecule has 0 bridgehead atoms. The lowest BCUT2D eigenvalue weighted by molar-refractivity contribution is -0.137. The number of Topliss-reactive ketones (excluding diaryl/α,β-unsaturated/α-hetero) is 1. The zero-order valence-corrected chi connectivity index (χ0v) is 24.8. The molecule has 4 rings (SSSR count). The summed E-state index contributed by atoms with van der Waals surface area (Å²) in [4.78, 5) is 16.5. The maximum absolute atomic E-state index is 14.2. The molecule has 226 valence electrons. The van der Waals surface area contributed by atoms with E-state index in [0.717, 1.165) is 31.7 Å². The molecule has 0 saturated carbocycles. The minimum atomic E-state index is -4.47. The van der Waals surface area contributed by atoms with Gasteiger partial charge in [-0.1, -0.05) is 116 Å². The van der Waals surface area contributed by atoms with Gasteiger partial charge in [-0.3, -0.25) is 9.69 Å². The maximum Gasteiger partial charge on any atom is 0.416 e. The van der Waals surface area contributed by atoms with E-state index in [0.29, 0.717) is 30.6 Å². The van der Waals surface area contributed by atoms with Crippen LogP contribution < -0.4 is 5.73 Å². The largest absolute Gasteiger partial charge is 0.416 e. The van der Waals surface area contributed by atoms with E-state index in [1.54, 1.807) is 6.07 Å². The van der Waals surface area contributed by atoms with Crippen molar-refractivity contribution in [1.82, 2.24) is 4.90 Å². The maximum atomic E-state index is 14.2. The van der Waals surface area contributed by atoms with Gasteiger partial charge in [0, 0.05) is 17.5 Å². The number of carbonyl (C=O) groups is 1. The molecule has 0 fully saturated rings. The predicted octanol–water partition coefficient (Wildman–Crippen LogP) is 8.13. The van der Waals surface area contributed by atoms with Crippen molar-refractivity contribution >= 4 is 5.78 Å². The van der Waals surface area contributed by atoms with Crippen LogP contribution in [-0.4, -0.2) is 36.4 Å². The standard InChI is InChI=1S/C37H41F3N2O/c1-36(28-41,32-22-11-23-33(26-32)37(38,39)40)27-34(35(43)31-20-9-4-10-21-31)42(24-12-18-29-14-5-2-6-15-29)25-13-19-30-16-7-3-8-17-30/h2-11,14-17,20-23,26,34H,12-13,18-19,24-25,27-28,41H2,1H3. The third kappa shape index (κ3) is 9.12. The Morgan fingerprint density at radius 1 is 0.721 bits per heavy atom. The molecule has 0 aliphatic heterocycles. The molecule has 2 unspecified atom stereocenters. The summed E-state index contributed by atoms with van der Waals surface area (Å²) in [5.41, 5.74) is 8.30. The molecule has 4 aromatic carbocycles. The topological polar surface area (TPSA) is 46.3 Å². The van der Waals surface area contributed by atoms with Crippen LogP contribution in [-0.2, 0) is 24.4 Å². The minimum absolute atomic E-state index is 0.0355. The molecule has 0 amide bonds. The number of ketones is 1.